The Bertz CT molecular complexity index is 3560. The number of H-pyrrole nitrogens is 2. The molecule has 13 rings (SSSR count). The zero-order valence-corrected chi connectivity index (χ0v) is 69.4. The first-order chi connectivity index (χ1) is 50.9. The van der Waals surface area contributed by atoms with Crippen LogP contribution in [-0.4, -0.2) is 98.6 Å². The number of carbonyl (C=O) groups is 5. The van der Waals surface area contributed by atoms with E-state index >= 15 is 0 Å². The smallest absolute Gasteiger partial charge is 0.185 e. The van der Waals surface area contributed by atoms with E-state index < -0.39 is 0 Å². The van der Waals surface area contributed by atoms with Crippen LogP contribution in [0.2, 0.25) is 0 Å². The Morgan fingerprint density at radius 3 is 1.40 bits per heavy atom. The molecule has 4 fully saturated rings. The number of halogens is 2. The lowest BCUT2D eigenvalue weighted by atomic mass is 10.0. The molecule has 0 aliphatic carbocycles. The number of nitrogens with one attached hydrogen (secondary N) is 3. The molecule has 5 unspecified atom stereocenters. The van der Waals surface area contributed by atoms with Crippen LogP contribution >= 0.6 is 32.9 Å². The second kappa shape index (κ2) is 63.1. The Morgan fingerprint density at radius 1 is 0.495 bits per heavy atom. The molecular formula is C92H128Br2N6O5. The van der Waals surface area contributed by atoms with Crippen molar-refractivity contribution in [2.24, 2.45) is 7.05 Å². The molecule has 11 nitrogen and oxygen atoms in total. The molecule has 0 saturated carbocycles. The van der Waals surface area contributed by atoms with E-state index in [1.807, 2.05) is 247 Å². The highest BCUT2D eigenvalue weighted by molar-refractivity contribution is 9.09. The number of fused-ring (bicyclic) bond motifs is 1. The number of benzene rings is 6. The van der Waals surface area contributed by atoms with Crippen molar-refractivity contribution < 1.29 is 24.0 Å². The van der Waals surface area contributed by atoms with E-state index in [1.54, 1.807) is 55.6 Å². The van der Waals surface area contributed by atoms with Crippen molar-refractivity contribution in [3.8, 4) is 0 Å². The SMILES string of the molecule is Br.BrC(CCC1CCCN1)c1ccccc1.CC.CC.CC.CC.CC.CC.CC(=O)c1ccccc1.CN1CCCC1CCC(=O)c1ccccc1.Cn1cccc1/C=C/C(=O)c1ccccc1.O=C(/C=C/c1ccc[nH]1)c1ccccc1.O=Cc1ccc[nH]1.c1ccc(C2CCC3CCCN32)cc1. The molecule has 3 N–H and O–H groups in total. The Balaban J connectivity index is 0.00000118. The molecule has 0 bridgehead atoms. The maximum absolute atomic E-state index is 11.9. The normalized spacial score (nSPS) is 15.6. The molecule has 6 aromatic carbocycles. The van der Waals surface area contributed by atoms with E-state index in [4.69, 9.17) is 0 Å². The van der Waals surface area contributed by atoms with Gasteiger partial charge in [0.1, 0.15) is 0 Å². The van der Waals surface area contributed by atoms with E-state index in [9.17, 15) is 24.0 Å². The summed E-state index contributed by atoms with van der Waals surface area (Å²) in [7, 11) is 4.11. The topological polar surface area (TPSA) is 140 Å². The van der Waals surface area contributed by atoms with Gasteiger partial charge in [-0.05, 0) is 176 Å². The van der Waals surface area contributed by atoms with Crippen molar-refractivity contribution in [1.29, 1.82) is 0 Å². The van der Waals surface area contributed by atoms with Crippen molar-refractivity contribution in [2.75, 3.05) is 26.7 Å². The monoisotopic (exact) mass is 1550 g/mol. The lowest BCUT2D eigenvalue weighted by Gasteiger charge is -2.23. The Kier molecular flexibility index (Phi) is 58.2. The van der Waals surface area contributed by atoms with Crippen LogP contribution < -0.4 is 5.32 Å². The lowest BCUT2D eigenvalue weighted by molar-refractivity contribution is 0.0967. The van der Waals surface area contributed by atoms with Crippen LogP contribution in [0.15, 0.2) is 249 Å². The summed E-state index contributed by atoms with van der Waals surface area (Å²) < 4.78 is 1.97. The maximum Gasteiger partial charge on any atom is 0.185 e. The number of aldehydes is 1. The van der Waals surface area contributed by atoms with Gasteiger partial charge in [-0.1, -0.05) is 281 Å². The number of nitrogens with zero attached hydrogens (tertiary/aromatic N) is 3. The minimum atomic E-state index is 0. The average Bonchev–Trinajstić information content (AvgIpc) is 1.66. The minimum Gasteiger partial charge on any atom is -0.362 e. The average molecular weight is 1560 g/mol. The third kappa shape index (κ3) is 39.7. The van der Waals surface area contributed by atoms with Gasteiger partial charge in [0, 0.05) is 94.7 Å². The third-order valence-corrected chi connectivity index (χ3v) is 17.8. The largest absolute Gasteiger partial charge is 0.362 e. The second-order valence-corrected chi connectivity index (χ2v) is 24.5. The zero-order valence-electron chi connectivity index (χ0n) is 66.1. The predicted molar refractivity (Wildman–Crippen MR) is 459 cm³/mol. The maximum atomic E-state index is 11.9. The van der Waals surface area contributed by atoms with E-state index in [1.165, 1.54) is 95.0 Å². The number of aryl methyl sites for hydroxylation is 1. The summed E-state index contributed by atoms with van der Waals surface area (Å²) in [5.74, 6) is 0.448. The molecule has 0 amide bonds. The summed E-state index contributed by atoms with van der Waals surface area (Å²) in [6, 6.07) is 73.2. The van der Waals surface area contributed by atoms with E-state index in [2.05, 4.69) is 109 Å². The Hall–Kier alpha value is -8.17. The van der Waals surface area contributed by atoms with Crippen LogP contribution in [0.5, 0.6) is 0 Å². The molecule has 13 heteroatoms. The fourth-order valence-corrected chi connectivity index (χ4v) is 12.2. The Morgan fingerprint density at radius 2 is 0.971 bits per heavy atom. The standard InChI is InChI=1S/C14H19NO.C14H13NO.C13H18BrN.C13H11NO.C13H17N.C8H8O.C5H5NO.6C2H6.BrH/c2*1-15-11-5-8-13(15)9-10-14(16)12-6-3-2-4-7-12;14-13(11-5-2-1-3-6-11)9-8-12-7-4-10-15-12;15-13(11-5-2-1-3-6-11)9-8-12-7-4-10-14-12;1-2-5-11(6-3-1)13-9-8-12-7-4-10-14(12)13;1-7(9)8-5-3-2-4-6-8;7-4-5-2-1-3-6-5;6*1-2;/h2-4,6-7,13H,5,8-11H2,1H3;2-11H,1H3;1-3,5-6,12-13,15H,4,7-10H2;1-10,14H;1-3,5-6,12-13H,4,7-10H2;2-6H,1H3;1-4,6H;6*1-2H3;1H/b;10-9+;;9-8+;;;;;;;;;;. The van der Waals surface area contributed by atoms with Gasteiger partial charge in [-0.2, -0.15) is 0 Å². The molecule has 4 saturated heterocycles. The molecule has 9 aromatic rings. The van der Waals surface area contributed by atoms with Crippen LogP contribution in [0, 0.1) is 0 Å². The summed E-state index contributed by atoms with van der Waals surface area (Å²) in [6.07, 6.45) is 28.1. The number of Topliss-reactive ketones (excluding diaryl/α,β-unsaturated/α-hetero) is 2. The first kappa shape index (κ1) is 96.8. The van der Waals surface area contributed by atoms with E-state index in [0.717, 1.165) is 53.3 Å². The van der Waals surface area contributed by atoms with Crippen LogP contribution in [0.1, 0.15) is 252 Å². The number of carbonyl (C=O) groups excluding carboxylic acids is 5. The van der Waals surface area contributed by atoms with Crippen molar-refractivity contribution in [2.45, 2.75) is 196 Å². The number of likely N-dealkylation sites (tertiary alicyclic amines) is 1. The molecular weight excluding hydrogens is 1430 g/mol. The van der Waals surface area contributed by atoms with Gasteiger partial charge in [-0.15, -0.1) is 17.0 Å². The van der Waals surface area contributed by atoms with E-state index in [-0.39, 0.29) is 40.1 Å². The highest BCUT2D eigenvalue weighted by Gasteiger charge is 2.37. The highest BCUT2D eigenvalue weighted by atomic mass is 79.9. The van der Waals surface area contributed by atoms with Gasteiger partial charge in [-0.3, -0.25) is 28.9 Å². The molecule has 3 aromatic heterocycles. The number of aromatic nitrogens is 3. The number of allylic oxidation sites excluding steroid dienone is 2. The quantitative estimate of drug-likeness (QED) is 0.0354. The molecule has 0 spiro atoms. The first-order valence-electron chi connectivity index (χ1n) is 38.4. The summed E-state index contributed by atoms with van der Waals surface area (Å²) >= 11 is 3.77. The Labute approximate surface area is 653 Å². The van der Waals surface area contributed by atoms with Crippen molar-refractivity contribution >= 4 is 74.5 Å². The van der Waals surface area contributed by atoms with Gasteiger partial charge in [0.2, 0.25) is 0 Å². The van der Waals surface area contributed by atoms with Crippen LogP contribution in [0.3, 0.4) is 0 Å². The lowest BCUT2D eigenvalue weighted by Crippen LogP contribution is -2.25. The summed E-state index contributed by atoms with van der Waals surface area (Å²) in [6.45, 7) is 29.3. The zero-order chi connectivity index (χ0) is 77.0. The van der Waals surface area contributed by atoms with Crippen molar-refractivity contribution in [3.63, 3.8) is 0 Å². The van der Waals surface area contributed by atoms with Gasteiger partial charge < -0.3 is 24.8 Å². The minimum absolute atomic E-state index is 0. The summed E-state index contributed by atoms with van der Waals surface area (Å²) in [5, 5.41) is 3.54. The summed E-state index contributed by atoms with van der Waals surface area (Å²) in [4.78, 5) is 67.1. The highest BCUT2D eigenvalue weighted by Crippen LogP contribution is 2.41. The summed E-state index contributed by atoms with van der Waals surface area (Å²) in [5.41, 5.74) is 8.55. The number of rotatable bonds is 17. The molecule has 105 heavy (non-hydrogen) atoms. The predicted octanol–water partition coefficient (Wildman–Crippen LogP) is 24.7. The van der Waals surface area contributed by atoms with Gasteiger partial charge in [0.25, 0.3) is 0 Å². The number of hydrogen-bond acceptors (Lipinski definition) is 8. The van der Waals surface area contributed by atoms with Gasteiger partial charge in [0.15, 0.2) is 29.4 Å². The van der Waals surface area contributed by atoms with Gasteiger partial charge in [0.05, 0.1) is 5.69 Å². The van der Waals surface area contributed by atoms with Crippen LogP contribution in [-0.2, 0) is 7.05 Å². The van der Waals surface area contributed by atoms with Crippen LogP contribution in [0.25, 0.3) is 12.2 Å². The van der Waals surface area contributed by atoms with E-state index in [0.29, 0.717) is 34.1 Å². The molecule has 4 aliphatic heterocycles. The van der Waals surface area contributed by atoms with Crippen molar-refractivity contribution in [1.82, 2.24) is 29.7 Å². The van der Waals surface area contributed by atoms with Crippen LogP contribution in [0.4, 0.5) is 0 Å². The molecule has 4 aliphatic rings. The first-order valence-corrected chi connectivity index (χ1v) is 39.3. The molecule has 0 radical (unpaired) electrons. The number of aromatic amines is 2. The molecule has 570 valence electrons. The number of alkyl halides is 1. The number of hydrogen-bond donors (Lipinski definition) is 3. The van der Waals surface area contributed by atoms with Crippen molar-refractivity contribution in [3.05, 3.63) is 300 Å². The molecule has 7 heterocycles. The number of ketones is 4. The second-order valence-electron chi connectivity index (χ2n) is 23.4. The molecule has 5 atom stereocenters. The van der Waals surface area contributed by atoms with Gasteiger partial charge >= 0.3 is 0 Å². The fourth-order valence-electron chi connectivity index (χ4n) is 11.6. The van der Waals surface area contributed by atoms with Gasteiger partial charge in [-0.25, -0.2) is 0 Å². The fraction of sp³-hybridized carbons (Fsp3) is 0.380. The third-order valence-electron chi connectivity index (χ3n) is 16.8.